The lowest BCUT2D eigenvalue weighted by Crippen LogP contribution is -2.21. The normalized spacial score (nSPS) is 19.4. The van der Waals surface area contributed by atoms with Crippen molar-refractivity contribution in [1.29, 1.82) is 0 Å². The van der Waals surface area contributed by atoms with E-state index in [9.17, 15) is 20.4 Å². The van der Waals surface area contributed by atoms with Gasteiger partial charge in [0.25, 0.3) is 0 Å². The Morgan fingerprint density at radius 3 is 2.07 bits per heavy atom. The minimum atomic E-state index is -0.519. The highest BCUT2D eigenvalue weighted by molar-refractivity contribution is 5.17. The van der Waals surface area contributed by atoms with Gasteiger partial charge in [0.15, 0.2) is 0 Å². The van der Waals surface area contributed by atoms with E-state index in [1.54, 1.807) is 6.92 Å². The van der Waals surface area contributed by atoms with Gasteiger partial charge in [-0.1, -0.05) is 57.4 Å². The highest BCUT2D eigenvalue weighted by Crippen LogP contribution is 2.23. The van der Waals surface area contributed by atoms with Crippen LogP contribution in [0.1, 0.15) is 92.4 Å². The Morgan fingerprint density at radius 2 is 1.50 bits per heavy atom. The summed E-state index contributed by atoms with van der Waals surface area (Å²) in [6.07, 6.45) is 11.7. The summed E-state index contributed by atoms with van der Waals surface area (Å²) in [5, 5.41) is 40.1. The van der Waals surface area contributed by atoms with E-state index in [0.717, 1.165) is 44.1 Å². The van der Waals surface area contributed by atoms with Gasteiger partial charge in [-0.2, -0.15) is 0 Å². The molecule has 6 unspecified atom stereocenters. The molecule has 0 aromatic carbocycles. The first-order valence-electron chi connectivity index (χ1n) is 11.3. The fourth-order valence-corrected chi connectivity index (χ4v) is 3.16. The van der Waals surface area contributed by atoms with Crippen molar-refractivity contribution in [3.8, 4) is 0 Å². The van der Waals surface area contributed by atoms with Gasteiger partial charge >= 0.3 is 0 Å². The average Bonchev–Trinajstić information content (AvgIpc) is 2.67. The summed E-state index contributed by atoms with van der Waals surface area (Å²) in [5.74, 6) is 0.342. The Kier molecular flexibility index (Phi) is 15.8. The highest BCUT2D eigenvalue weighted by Gasteiger charge is 2.19. The molecule has 0 aliphatic heterocycles. The lowest BCUT2D eigenvalue weighted by atomic mass is 9.88. The molecule has 0 aromatic heterocycles. The maximum atomic E-state index is 10.6. The topological polar surface area (TPSA) is 80.9 Å². The Labute approximate surface area is 173 Å². The number of unbranched alkanes of at least 4 members (excludes halogenated alkanes) is 1. The molecule has 0 saturated heterocycles. The number of aliphatic hydroxyl groups excluding tert-OH is 4. The van der Waals surface area contributed by atoms with Crippen LogP contribution in [0, 0.1) is 11.8 Å². The zero-order valence-electron chi connectivity index (χ0n) is 18.8. The second-order valence-electron chi connectivity index (χ2n) is 8.52. The summed E-state index contributed by atoms with van der Waals surface area (Å²) >= 11 is 0. The van der Waals surface area contributed by atoms with E-state index in [2.05, 4.69) is 6.92 Å². The molecule has 0 saturated carbocycles. The first-order valence-corrected chi connectivity index (χ1v) is 11.3. The van der Waals surface area contributed by atoms with Gasteiger partial charge in [-0.25, -0.2) is 0 Å². The SMILES string of the molecule is CCCCC(CCC(O)CCC(C)C(C)O)C(O)/C=C/C(C)=C/CC(O)CC. The number of allylic oxidation sites excluding steroid dienone is 2. The van der Waals surface area contributed by atoms with E-state index < -0.39 is 6.10 Å². The van der Waals surface area contributed by atoms with Crippen molar-refractivity contribution in [2.24, 2.45) is 11.8 Å². The van der Waals surface area contributed by atoms with E-state index >= 15 is 0 Å². The molecule has 0 radical (unpaired) electrons. The standard InChI is InChI=1S/C24H46O4/c1-6-8-9-21(13-16-23(27)15-12-19(4)20(5)25)24(28)17-11-18(3)10-14-22(26)7-2/h10-11,17,19-28H,6-9,12-16H2,1-5H3/b17-11+,18-10+. The molecule has 0 heterocycles. The van der Waals surface area contributed by atoms with Gasteiger partial charge in [0, 0.05) is 0 Å². The lowest BCUT2D eigenvalue weighted by Gasteiger charge is -2.23. The van der Waals surface area contributed by atoms with Gasteiger partial charge < -0.3 is 20.4 Å². The maximum Gasteiger partial charge on any atom is 0.0752 e. The summed E-state index contributed by atoms with van der Waals surface area (Å²) in [7, 11) is 0. The largest absolute Gasteiger partial charge is 0.393 e. The van der Waals surface area contributed by atoms with Crippen LogP contribution in [0.25, 0.3) is 0 Å². The second-order valence-corrected chi connectivity index (χ2v) is 8.52. The maximum absolute atomic E-state index is 10.6. The molecule has 0 rings (SSSR count). The van der Waals surface area contributed by atoms with E-state index in [4.69, 9.17) is 0 Å². The van der Waals surface area contributed by atoms with Crippen LogP contribution in [0.15, 0.2) is 23.8 Å². The average molecular weight is 399 g/mol. The lowest BCUT2D eigenvalue weighted by molar-refractivity contribution is 0.0879. The molecule has 0 fully saturated rings. The molecule has 4 heteroatoms. The first-order chi connectivity index (χ1) is 13.2. The Morgan fingerprint density at radius 1 is 0.857 bits per heavy atom. The van der Waals surface area contributed by atoms with Crippen LogP contribution in [-0.2, 0) is 0 Å². The van der Waals surface area contributed by atoms with Crippen LogP contribution in [-0.4, -0.2) is 44.8 Å². The molecule has 28 heavy (non-hydrogen) atoms. The zero-order valence-corrected chi connectivity index (χ0v) is 18.8. The number of hydrogen-bond donors (Lipinski definition) is 4. The number of aliphatic hydroxyl groups is 4. The van der Waals surface area contributed by atoms with Crippen LogP contribution in [0.4, 0.5) is 0 Å². The quantitative estimate of drug-likeness (QED) is 0.283. The number of rotatable bonds is 16. The fourth-order valence-electron chi connectivity index (χ4n) is 3.16. The van der Waals surface area contributed by atoms with Crippen molar-refractivity contribution in [2.75, 3.05) is 0 Å². The molecule has 166 valence electrons. The summed E-state index contributed by atoms with van der Waals surface area (Å²) in [5.41, 5.74) is 1.05. The Hall–Kier alpha value is -0.680. The van der Waals surface area contributed by atoms with Crippen molar-refractivity contribution >= 4 is 0 Å². The molecule has 0 amide bonds. The molecule has 0 bridgehead atoms. The van der Waals surface area contributed by atoms with E-state index in [-0.39, 0.29) is 30.1 Å². The van der Waals surface area contributed by atoms with Crippen LogP contribution in [0.3, 0.4) is 0 Å². The monoisotopic (exact) mass is 398 g/mol. The molecular formula is C24H46O4. The number of hydrogen-bond acceptors (Lipinski definition) is 4. The van der Waals surface area contributed by atoms with Crippen molar-refractivity contribution in [1.82, 2.24) is 0 Å². The molecule has 0 aromatic rings. The minimum Gasteiger partial charge on any atom is -0.393 e. The molecule has 6 atom stereocenters. The van der Waals surface area contributed by atoms with E-state index in [0.29, 0.717) is 19.3 Å². The van der Waals surface area contributed by atoms with Crippen LogP contribution in [0.5, 0.6) is 0 Å². The van der Waals surface area contributed by atoms with E-state index in [1.807, 2.05) is 39.0 Å². The molecule has 4 nitrogen and oxygen atoms in total. The van der Waals surface area contributed by atoms with Gasteiger partial charge in [0.2, 0.25) is 0 Å². The summed E-state index contributed by atoms with van der Waals surface area (Å²) in [6.45, 7) is 9.90. The molecule has 0 aliphatic rings. The third-order valence-corrected chi connectivity index (χ3v) is 5.80. The van der Waals surface area contributed by atoms with E-state index in [1.165, 1.54) is 0 Å². The van der Waals surface area contributed by atoms with Gasteiger partial charge in [0.05, 0.1) is 24.4 Å². The molecular weight excluding hydrogens is 352 g/mol. The van der Waals surface area contributed by atoms with Gasteiger partial charge in [-0.15, -0.1) is 0 Å². The third-order valence-electron chi connectivity index (χ3n) is 5.80. The van der Waals surface area contributed by atoms with Crippen molar-refractivity contribution < 1.29 is 20.4 Å². The predicted molar refractivity (Wildman–Crippen MR) is 118 cm³/mol. The molecule has 0 spiro atoms. The third kappa shape index (κ3) is 13.5. The fraction of sp³-hybridized carbons (Fsp3) is 0.833. The second kappa shape index (κ2) is 16.2. The highest BCUT2D eigenvalue weighted by atomic mass is 16.3. The first kappa shape index (κ1) is 27.3. The smallest absolute Gasteiger partial charge is 0.0752 e. The summed E-state index contributed by atoms with van der Waals surface area (Å²) in [6, 6.07) is 0. The molecule has 0 aliphatic carbocycles. The predicted octanol–water partition coefficient (Wildman–Crippen LogP) is 4.76. The molecule has 4 N–H and O–H groups in total. The van der Waals surface area contributed by atoms with Gasteiger partial charge in [-0.3, -0.25) is 0 Å². The van der Waals surface area contributed by atoms with Crippen LogP contribution in [0.2, 0.25) is 0 Å². The summed E-state index contributed by atoms with van der Waals surface area (Å²) in [4.78, 5) is 0. The van der Waals surface area contributed by atoms with Crippen molar-refractivity contribution in [3.63, 3.8) is 0 Å². The van der Waals surface area contributed by atoms with Crippen molar-refractivity contribution in [3.05, 3.63) is 23.8 Å². The van der Waals surface area contributed by atoms with Gasteiger partial charge in [-0.05, 0) is 70.6 Å². The van der Waals surface area contributed by atoms with Crippen LogP contribution >= 0.6 is 0 Å². The minimum absolute atomic E-state index is 0.147. The Balaban J connectivity index is 4.59. The summed E-state index contributed by atoms with van der Waals surface area (Å²) < 4.78 is 0. The van der Waals surface area contributed by atoms with Crippen LogP contribution < -0.4 is 0 Å². The van der Waals surface area contributed by atoms with Gasteiger partial charge in [0.1, 0.15) is 0 Å². The zero-order chi connectivity index (χ0) is 21.5. The Bertz CT molecular complexity index is 430. The van der Waals surface area contributed by atoms with Crippen molar-refractivity contribution in [2.45, 2.75) is 117 Å².